The highest BCUT2D eigenvalue weighted by atomic mass is 35.5. The van der Waals surface area contributed by atoms with E-state index in [2.05, 4.69) is 13.2 Å². The van der Waals surface area contributed by atoms with Crippen molar-refractivity contribution >= 4 is 11.6 Å². The summed E-state index contributed by atoms with van der Waals surface area (Å²) in [6, 6.07) is 0. The summed E-state index contributed by atoms with van der Waals surface area (Å²) in [5, 5.41) is -0.0796. The second kappa shape index (κ2) is 7.73. The van der Waals surface area contributed by atoms with Crippen molar-refractivity contribution in [3.63, 3.8) is 0 Å². The van der Waals surface area contributed by atoms with Crippen molar-refractivity contribution < 1.29 is 9.47 Å². The van der Waals surface area contributed by atoms with Gasteiger partial charge >= 0.3 is 5.69 Å². The van der Waals surface area contributed by atoms with Crippen LogP contribution in [0.15, 0.2) is 41.1 Å². The van der Waals surface area contributed by atoms with Gasteiger partial charge in [0.2, 0.25) is 0 Å². The van der Waals surface area contributed by atoms with Gasteiger partial charge in [0.25, 0.3) is 5.56 Å². The fraction of sp³-hybridized carbons (Fsp3) is 0.333. The van der Waals surface area contributed by atoms with E-state index in [1.54, 1.807) is 6.08 Å². The molecule has 0 fully saturated rings. The Balaban J connectivity index is 3.00. The normalized spacial score (nSPS) is 10.4. The predicted octanol–water partition coefficient (Wildman–Crippen LogP) is 0.984. The molecule has 19 heavy (non-hydrogen) atoms. The van der Waals surface area contributed by atoms with Crippen molar-refractivity contribution in [3.05, 3.63) is 57.4 Å². The van der Waals surface area contributed by atoms with Gasteiger partial charge in [-0.25, -0.2) is 9.36 Å². The fourth-order valence-corrected chi connectivity index (χ4v) is 1.51. The second-order valence-electron chi connectivity index (χ2n) is 3.54. The van der Waals surface area contributed by atoms with Crippen molar-refractivity contribution in [1.29, 1.82) is 0 Å². The molecular formula is C12H15ClN2O4. The largest absolute Gasteiger partial charge is 0.357 e. The Morgan fingerprint density at radius 2 is 1.74 bits per heavy atom. The van der Waals surface area contributed by atoms with Gasteiger partial charge < -0.3 is 9.47 Å². The molecule has 0 saturated carbocycles. The first kappa shape index (κ1) is 15.4. The molecule has 0 aliphatic carbocycles. The quantitative estimate of drug-likeness (QED) is 0.528. The fourth-order valence-electron chi connectivity index (χ4n) is 1.29. The summed E-state index contributed by atoms with van der Waals surface area (Å²) in [4.78, 5) is 23.7. The molecule has 1 aromatic heterocycles. The molecule has 0 spiro atoms. The molecule has 1 aromatic rings. The lowest BCUT2D eigenvalue weighted by Gasteiger charge is -2.10. The topological polar surface area (TPSA) is 62.5 Å². The van der Waals surface area contributed by atoms with E-state index < -0.39 is 11.2 Å². The van der Waals surface area contributed by atoms with Crippen LogP contribution in [0, 0.1) is 0 Å². The minimum atomic E-state index is -0.601. The molecule has 0 radical (unpaired) electrons. The van der Waals surface area contributed by atoms with Gasteiger partial charge in [-0.15, -0.1) is 13.2 Å². The standard InChI is InChI=1S/C12H15ClN2O4/c1-3-5-18-8-14-7-10(13)11(16)15(12(14)17)9-19-6-4-2/h3-4,7H,1-2,5-6,8-9H2. The van der Waals surface area contributed by atoms with Crippen LogP contribution in [-0.2, 0) is 22.9 Å². The Morgan fingerprint density at radius 3 is 2.32 bits per heavy atom. The van der Waals surface area contributed by atoms with Gasteiger partial charge in [-0.3, -0.25) is 9.36 Å². The molecule has 104 valence electrons. The number of halogens is 1. The van der Waals surface area contributed by atoms with E-state index >= 15 is 0 Å². The molecule has 0 aliphatic heterocycles. The average molecular weight is 287 g/mol. The summed E-state index contributed by atoms with van der Waals surface area (Å²) in [6.07, 6.45) is 4.30. The second-order valence-corrected chi connectivity index (χ2v) is 3.95. The van der Waals surface area contributed by atoms with Crippen molar-refractivity contribution in [2.45, 2.75) is 13.5 Å². The molecule has 0 saturated heterocycles. The maximum Gasteiger partial charge on any atom is 0.334 e. The van der Waals surface area contributed by atoms with E-state index in [9.17, 15) is 9.59 Å². The molecule has 0 aromatic carbocycles. The first-order valence-corrected chi connectivity index (χ1v) is 5.86. The van der Waals surface area contributed by atoms with Crippen LogP contribution in [0.5, 0.6) is 0 Å². The molecule has 1 rings (SSSR count). The average Bonchev–Trinajstić information content (AvgIpc) is 2.40. The molecule has 0 bridgehead atoms. The third-order valence-electron chi connectivity index (χ3n) is 2.12. The van der Waals surface area contributed by atoms with Crippen LogP contribution in [-0.4, -0.2) is 22.3 Å². The van der Waals surface area contributed by atoms with Crippen LogP contribution in [0.2, 0.25) is 5.02 Å². The monoisotopic (exact) mass is 286 g/mol. The zero-order chi connectivity index (χ0) is 14.3. The third kappa shape index (κ3) is 4.20. The van der Waals surface area contributed by atoms with Crippen molar-refractivity contribution in [2.75, 3.05) is 13.2 Å². The molecule has 0 unspecified atom stereocenters. The molecule has 0 N–H and O–H groups in total. The van der Waals surface area contributed by atoms with Crippen LogP contribution >= 0.6 is 11.6 Å². The molecular weight excluding hydrogens is 272 g/mol. The minimum absolute atomic E-state index is 0.0215. The van der Waals surface area contributed by atoms with Gasteiger partial charge in [-0.2, -0.15) is 0 Å². The van der Waals surface area contributed by atoms with Gasteiger partial charge in [0, 0.05) is 6.20 Å². The van der Waals surface area contributed by atoms with Crippen LogP contribution in [0.25, 0.3) is 0 Å². The highest BCUT2D eigenvalue weighted by Crippen LogP contribution is 1.98. The number of nitrogens with zero attached hydrogens (tertiary/aromatic N) is 2. The Morgan fingerprint density at radius 1 is 1.16 bits per heavy atom. The Bertz CT molecular complexity index is 562. The maximum absolute atomic E-state index is 12.0. The van der Waals surface area contributed by atoms with Gasteiger partial charge in [0.15, 0.2) is 0 Å². The molecule has 6 nitrogen and oxygen atoms in total. The van der Waals surface area contributed by atoms with Crippen LogP contribution in [0.1, 0.15) is 0 Å². The summed E-state index contributed by atoms with van der Waals surface area (Å²) >= 11 is 5.77. The van der Waals surface area contributed by atoms with E-state index in [0.717, 1.165) is 4.57 Å². The Kier molecular flexibility index (Phi) is 6.27. The van der Waals surface area contributed by atoms with E-state index in [4.69, 9.17) is 21.1 Å². The van der Waals surface area contributed by atoms with Crippen molar-refractivity contribution in [3.8, 4) is 0 Å². The highest BCUT2D eigenvalue weighted by molar-refractivity contribution is 6.30. The van der Waals surface area contributed by atoms with Gasteiger partial charge in [0.1, 0.15) is 18.5 Å². The number of hydrogen-bond acceptors (Lipinski definition) is 4. The van der Waals surface area contributed by atoms with Crippen LogP contribution < -0.4 is 11.2 Å². The summed E-state index contributed by atoms with van der Waals surface area (Å²) in [7, 11) is 0. The first-order valence-electron chi connectivity index (χ1n) is 5.49. The smallest absolute Gasteiger partial charge is 0.334 e. The van der Waals surface area contributed by atoms with Crippen LogP contribution in [0.3, 0.4) is 0 Å². The van der Waals surface area contributed by atoms with Gasteiger partial charge in [0.05, 0.1) is 13.2 Å². The number of ether oxygens (including phenoxy) is 2. The van der Waals surface area contributed by atoms with E-state index in [-0.39, 0.29) is 31.7 Å². The third-order valence-corrected chi connectivity index (χ3v) is 2.38. The van der Waals surface area contributed by atoms with E-state index in [0.29, 0.717) is 0 Å². The van der Waals surface area contributed by atoms with E-state index in [1.807, 2.05) is 0 Å². The zero-order valence-corrected chi connectivity index (χ0v) is 11.1. The van der Waals surface area contributed by atoms with Gasteiger partial charge in [-0.05, 0) is 0 Å². The lowest BCUT2D eigenvalue weighted by atomic mass is 10.6. The number of aromatic nitrogens is 2. The Hall–Kier alpha value is -1.63. The lowest BCUT2D eigenvalue weighted by molar-refractivity contribution is 0.0775. The molecule has 7 heteroatoms. The van der Waals surface area contributed by atoms with Gasteiger partial charge in [-0.1, -0.05) is 23.8 Å². The maximum atomic E-state index is 12.0. The number of rotatable bonds is 8. The number of hydrogen-bond donors (Lipinski definition) is 0. The molecule has 0 atom stereocenters. The SMILES string of the molecule is C=CCOCn1cc(Cl)c(=O)n(COCC=C)c1=O. The Labute approximate surface area is 115 Å². The summed E-state index contributed by atoms with van der Waals surface area (Å²) in [5.74, 6) is 0. The van der Waals surface area contributed by atoms with Crippen LogP contribution in [0.4, 0.5) is 0 Å². The zero-order valence-electron chi connectivity index (χ0n) is 10.4. The van der Waals surface area contributed by atoms with E-state index in [1.165, 1.54) is 16.8 Å². The van der Waals surface area contributed by atoms with Crippen molar-refractivity contribution in [2.24, 2.45) is 0 Å². The molecule has 1 heterocycles. The predicted molar refractivity (Wildman–Crippen MR) is 72.3 cm³/mol. The minimum Gasteiger partial charge on any atom is -0.357 e. The summed E-state index contributed by atoms with van der Waals surface area (Å²) < 4.78 is 12.3. The first-order chi connectivity index (χ1) is 9.11. The highest BCUT2D eigenvalue weighted by Gasteiger charge is 2.09. The molecule has 0 aliphatic rings. The molecule has 0 amide bonds. The van der Waals surface area contributed by atoms with Crippen molar-refractivity contribution in [1.82, 2.24) is 9.13 Å². The lowest BCUT2D eigenvalue weighted by Crippen LogP contribution is -2.40. The summed E-state index contributed by atoms with van der Waals surface area (Å²) in [5.41, 5.74) is -1.15. The summed E-state index contributed by atoms with van der Waals surface area (Å²) in [6.45, 7) is 7.27.